The third-order valence-corrected chi connectivity index (χ3v) is 13.2. The second-order valence-corrected chi connectivity index (χ2v) is 19.2. The number of para-hydroxylation sites is 1. The Morgan fingerprint density at radius 3 is 2.02 bits per heavy atom. The molecule has 404 valence electrons. The van der Waals surface area contributed by atoms with Crippen LogP contribution < -0.4 is 30.5 Å². The summed E-state index contributed by atoms with van der Waals surface area (Å²) in [6, 6.07) is 38.9. The van der Waals surface area contributed by atoms with E-state index in [1.807, 2.05) is 155 Å². The lowest BCUT2D eigenvalue weighted by Gasteiger charge is -2.24. The maximum absolute atomic E-state index is 12.0. The number of hydrogen-bond acceptors (Lipinski definition) is 12. The topological polar surface area (TPSA) is 224 Å². The van der Waals surface area contributed by atoms with Gasteiger partial charge in [0.15, 0.2) is 11.3 Å². The minimum atomic E-state index is -0.577. The van der Waals surface area contributed by atoms with Gasteiger partial charge in [0.1, 0.15) is 28.8 Å². The van der Waals surface area contributed by atoms with E-state index < -0.39 is 11.4 Å². The average Bonchev–Trinajstić information content (AvgIpc) is 4.26. The molecule has 3 aliphatic rings. The Labute approximate surface area is 461 Å². The van der Waals surface area contributed by atoms with Crippen LogP contribution in [0.2, 0.25) is 0 Å². The zero-order valence-corrected chi connectivity index (χ0v) is 45.0. The lowest BCUT2D eigenvalue weighted by molar-refractivity contribution is -0.111. The predicted octanol–water partition coefficient (Wildman–Crippen LogP) is 12.0. The highest BCUT2D eigenvalue weighted by atomic mass is 16.5. The van der Waals surface area contributed by atoms with Gasteiger partial charge in [0.25, 0.3) is 11.8 Å². The van der Waals surface area contributed by atoms with Crippen LogP contribution in [0.1, 0.15) is 56.0 Å². The second kappa shape index (κ2) is 23.5. The first-order valence-electron chi connectivity index (χ1n) is 25.3. The number of aryl methyl sites for hydroxylation is 2. The highest BCUT2D eigenvalue weighted by Crippen LogP contribution is 2.45. The summed E-state index contributed by atoms with van der Waals surface area (Å²) < 4.78 is 21.2. The maximum atomic E-state index is 12.0. The van der Waals surface area contributed by atoms with Gasteiger partial charge in [-0.1, -0.05) is 67.2 Å². The van der Waals surface area contributed by atoms with Gasteiger partial charge in [-0.3, -0.25) is 9.59 Å². The molecular formula is C64H58N6O10. The van der Waals surface area contributed by atoms with Crippen LogP contribution in [0.4, 0.5) is 11.4 Å². The Morgan fingerprint density at radius 1 is 0.688 bits per heavy atom. The quantitative estimate of drug-likeness (QED) is 0.0429. The fraction of sp³-hybridized carbons (Fsp3) is 0.125. The molecule has 0 aliphatic carbocycles. The van der Waals surface area contributed by atoms with Gasteiger partial charge >= 0.3 is 5.63 Å². The van der Waals surface area contributed by atoms with Gasteiger partial charge in [-0.25, -0.2) is 9.78 Å². The molecule has 80 heavy (non-hydrogen) atoms. The molecule has 0 saturated heterocycles. The molecule has 2 amide bonds. The zero-order chi connectivity index (χ0) is 56.8. The predicted molar refractivity (Wildman–Crippen MR) is 313 cm³/mol. The first-order chi connectivity index (χ1) is 38.5. The normalized spacial score (nSPS) is 13.8. The number of allylic oxidation sites excluding steroid dienone is 1. The molecule has 0 unspecified atom stereocenters. The van der Waals surface area contributed by atoms with Gasteiger partial charge in [0.05, 0.1) is 43.6 Å². The molecule has 3 aromatic heterocycles. The van der Waals surface area contributed by atoms with Crippen molar-refractivity contribution in [1.82, 2.24) is 19.9 Å². The van der Waals surface area contributed by atoms with Gasteiger partial charge in [-0.2, -0.15) is 0 Å². The lowest BCUT2D eigenvalue weighted by Crippen LogP contribution is -2.13. The fourth-order valence-corrected chi connectivity index (χ4v) is 9.38. The Kier molecular flexibility index (Phi) is 16.0. The average molecular weight is 1070 g/mol. The Hall–Kier alpha value is -10.3. The van der Waals surface area contributed by atoms with Crippen molar-refractivity contribution in [2.75, 3.05) is 38.9 Å². The maximum Gasteiger partial charge on any atom is 0.336 e. The van der Waals surface area contributed by atoms with Crippen LogP contribution in [0.5, 0.6) is 34.5 Å². The van der Waals surface area contributed by atoms with E-state index in [1.54, 1.807) is 38.9 Å². The summed E-state index contributed by atoms with van der Waals surface area (Å²) in [5, 5.41) is 36.0. The van der Waals surface area contributed by atoms with Gasteiger partial charge in [0.2, 0.25) is 5.75 Å². The summed E-state index contributed by atoms with van der Waals surface area (Å²) in [6.45, 7) is 10.5. The number of nitrogens with zero attached hydrogens (tertiary/aromatic N) is 2. The molecule has 0 spiro atoms. The van der Waals surface area contributed by atoms with Crippen molar-refractivity contribution in [2.45, 2.75) is 27.3 Å². The number of amides is 2. The molecule has 0 fully saturated rings. The van der Waals surface area contributed by atoms with E-state index in [9.17, 15) is 29.7 Å². The molecule has 16 heteroatoms. The number of hydrogen-bond donors (Lipinski definition) is 7. The number of aromatic hydroxyl groups is 3. The van der Waals surface area contributed by atoms with Crippen molar-refractivity contribution in [3.63, 3.8) is 0 Å². The Morgan fingerprint density at radius 2 is 1.36 bits per heavy atom. The minimum absolute atomic E-state index is 0.00801. The zero-order valence-electron chi connectivity index (χ0n) is 45.0. The highest BCUT2D eigenvalue weighted by Gasteiger charge is 2.27. The van der Waals surface area contributed by atoms with E-state index in [0.717, 1.165) is 95.6 Å². The van der Waals surface area contributed by atoms with E-state index >= 15 is 0 Å². The molecule has 0 radical (unpaired) electrons. The smallest absolute Gasteiger partial charge is 0.336 e. The number of ether oxygens (including phenoxy) is 3. The number of benzene rings is 6. The molecule has 6 heterocycles. The van der Waals surface area contributed by atoms with Crippen LogP contribution in [0.3, 0.4) is 0 Å². The van der Waals surface area contributed by atoms with Crippen LogP contribution in [0, 0.1) is 20.8 Å². The van der Waals surface area contributed by atoms with Gasteiger partial charge in [-0.05, 0) is 142 Å². The first-order valence-corrected chi connectivity index (χ1v) is 25.3. The molecule has 7 N–H and O–H groups in total. The van der Waals surface area contributed by atoms with Crippen molar-refractivity contribution in [3.05, 3.63) is 225 Å². The summed E-state index contributed by atoms with van der Waals surface area (Å²) >= 11 is 0. The third-order valence-electron chi connectivity index (χ3n) is 13.2. The van der Waals surface area contributed by atoms with Crippen LogP contribution >= 0.6 is 0 Å². The first kappa shape index (κ1) is 54.5. The molecular weight excluding hydrogens is 1010 g/mol. The SMILES string of the molecule is C=C1C=C(c2ccc(OC)cc2)c2cc(CN(C)C)c(O)c(C)c2O1.COc1ccc2c(c1)/C(=C/c1cnc[nH]1)C(=O)N2.Cc1cc(C)c(/C=C2\C(=O)Nc3ccccc32)[nH]1.O=c1cc(-c2ccccc2)c2ccc(O)c(O)c2o1. The fourth-order valence-electron chi connectivity index (χ4n) is 9.38. The van der Waals surface area contributed by atoms with Gasteiger partial charge < -0.3 is 59.4 Å². The molecule has 3 aliphatic heterocycles. The number of aromatic nitrogens is 3. The molecule has 6 aromatic carbocycles. The second-order valence-electron chi connectivity index (χ2n) is 19.2. The largest absolute Gasteiger partial charge is 0.507 e. The monoisotopic (exact) mass is 1070 g/mol. The van der Waals surface area contributed by atoms with Gasteiger partial charge in [-0.15, -0.1) is 0 Å². The van der Waals surface area contributed by atoms with Crippen molar-refractivity contribution < 1.29 is 43.5 Å². The number of imidazole rings is 1. The van der Waals surface area contributed by atoms with E-state index in [2.05, 4.69) is 38.2 Å². The summed E-state index contributed by atoms with van der Waals surface area (Å²) in [6.07, 6.45) is 8.86. The van der Waals surface area contributed by atoms with Crippen LogP contribution in [0.25, 0.3) is 51.0 Å². The highest BCUT2D eigenvalue weighted by molar-refractivity contribution is 6.35. The third kappa shape index (κ3) is 11.8. The number of aromatic amines is 2. The number of phenolic OH excluding ortho intramolecular Hbond substituents is 3. The number of carbonyl (C=O) groups excluding carboxylic acids is 2. The minimum Gasteiger partial charge on any atom is -0.507 e. The number of anilines is 2. The van der Waals surface area contributed by atoms with Crippen LogP contribution in [-0.2, 0) is 16.1 Å². The van der Waals surface area contributed by atoms with Gasteiger partial charge in [0, 0.05) is 68.6 Å². The summed E-state index contributed by atoms with van der Waals surface area (Å²) in [7, 11) is 7.21. The summed E-state index contributed by atoms with van der Waals surface area (Å²) in [5.74, 6) is 2.13. The van der Waals surface area contributed by atoms with E-state index in [4.69, 9.17) is 18.6 Å². The molecule has 0 saturated carbocycles. The lowest BCUT2D eigenvalue weighted by atomic mass is 9.91. The van der Waals surface area contributed by atoms with Crippen molar-refractivity contribution in [2.24, 2.45) is 0 Å². The number of phenols is 3. The van der Waals surface area contributed by atoms with Crippen molar-refractivity contribution >= 4 is 63.0 Å². The summed E-state index contributed by atoms with van der Waals surface area (Å²) in [4.78, 5) is 47.6. The Balaban J connectivity index is 0.000000130. The Bertz CT molecular complexity index is 3980. The van der Waals surface area contributed by atoms with Crippen LogP contribution in [-0.4, -0.2) is 75.3 Å². The van der Waals surface area contributed by atoms with Crippen molar-refractivity contribution in [3.8, 4) is 45.6 Å². The number of carbonyl (C=O) groups is 2. The van der Waals surface area contributed by atoms with E-state index in [1.165, 1.54) is 12.1 Å². The number of methoxy groups -OCH3 is 2. The summed E-state index contributed by atoms with van der Waals surface area (Å²) in [5.41, 5.74) is 14.4. The molecule has 12 rings (SSSR count). The van der Waals surface area contributed by atoms with E-state index in [-0.39, 0.29) is 28.9 Å². The number of rotatable bonds is 8. The molecule has 0 bridgehead atoms. The standard InChI is InChI=1S/C21H23NO3.C15H14N2O.C15H10O4.C13H11N3O2/c1-13-10-18(15-6-8-17(24-5)9-7-15)19-11-16(12-22(3)4)20(23)14(2)21(19)25-13;1-9-7-10(2)16-14(9)8-12-11-5-3-4-6-13(11)17-15(12)18;16-12-7-6-10-11(9-4-2-1-3-5-9)8-13(17)19-15(10)14(12)18;1-18-9-2-3-12-10(5-9)11(13(17)16-12)4-8-6-14-7-15-8/h6-11,23H,1,12H2,2-5H3;3-8,16H,1-2H3,(H,17,18);1-8,16,18H;2-7H,1H3,(H,14,15)(H,16,17)/b;12-8-;;11-4-. The number of H-pyrrole nitrogens is 2. The number of fused-ring (bicyclic) bond motifs is 4. The molecule has 0 atom stereocenters. The number of nitrogens with one attached hydrogen (secondary N) is 4. The van der Waals surface area contributed by atoms with E-state index in [0.29, 0.717) is 34.6 Å². The van der Waals surface area contributed by atoms with Crippen molar-refractivity contribution in [1.29, 1.82) is 0 Å². The van der Waals surface area contributed by atoms with Crippen LogP contribution in [0.15, 0.2) is 168 Å². The molecule has 9 aromatic rings. The molecule has 16 nitrogen and oxygen atoms in total.